The molecule has 0 aliphatic rings. The predicted octanol–water partition coefficient (Wildman–Crippen LogP) is 4.48. The molecule has 0 bridgehead atoms. The first-order valence-electron chi connectivity index (χ1n) is 7.37. The molecule has 1 amide bonds. The third kappa shape index (κ3) is 3.32. The van der Waals surface area contributed by atoms with Crippen molar-refractivity contribution in [2.24, 2.45) is 0 Å². The first-order chi connectivity index (χ1) is 11.2. The van der Waals surface area contributed by atoms with E-state index in [-0.39, 0.29) is 11.5 Å². The summed E-state index contributed by atoms with van der Waals surface area (Å²) in [6, 6.07) is 9.53. The monoisotopic (exact) mass is 329 g/mol. The Morgan fingerprint density at radius 1 is 1.35 bits per heavy atom. The maximum absolute atomic E-state index is 13.3. The van der Waals surface area contributed by atoms with E-state index in [1.165, 1.54) is 18.2 Å². The lowest BCUT2D eigenvalue weighted by Crippen LogP contribution is -2.13. The molecule has 0 aliphatic carbocycles. The molecule has 6 heteroatoms. The Hall–Kier alpha value is -2.47. The van der Waals surface area contributed by atoms with Gasteiger partial charge in [-0.2, -0.15) is 5.10 Å². The number of anilines is 1. The van der Waals surface area contributed by atoms with Crippen molar-refractivity contribution in [1.82, 2.24) is 10.2 Å². The fraction of sp³-hybridized carbons (Fsp3) is 0.176. The van der Waals surface area contributed by atoms with Crippen LogP contribution in [-0.4, -0.2) is 16.1 Å². The number of hydrogen-bond acceptors (Lipinski definition) is 3. The number of hydrogen-bond donors (Lipinski definition) is 2. The first-order valence-corrected chi connectivity index (χ1v) is 8.25. The van der Waals surface area contributed by atoms with Crippen molar-refractivity contribution >= 4 is 22.9 Å². The van der Waals surface area contributed by atoms with E-state index in [1.807, 2.05) is 17.5 Å². The van der Waals surface area contributed by atoms with Gasteiger partial charge in [0.25, 0.3) is 5.91 Å². The minimum Gasteiger partial charge on any atom is -0.319 e. The molecular formula is C17H16FN3OS. The Bertz CT molecular complexity index is 811. The van der Waals surface area contributed by atoms with Crippen LogP contribution in [0.25, 0.3) is 10.6 Å². The summed E-state index contributed by atoms with van der Waals surface area (Å²) >= 11 is 1.55. The molecule has 2 aromatic heterocycles. The second-order valence-electron chi connectivity index (χ2n) is 5.12. The van der Waals surface area contributed by atoms with E-state index in [2.05, 4.69) is 22.4 Å². The van der Waals surface area contributed by atoms with E-state index in [0.29, 0.717) is 11.4 Å². The summed E-state index contributed by atoms with van der Waals surface area (Å²) in [5, 5.41) is 12.2. The summed E-state index contributed by atoms with van der Waals surface area (Å²) < 4.78 is 13.3. The van der Waals surface area contributed by atoms with Gasteiger partial charge >= 0.3 is 0 Å². The smallest absolute Gasteiger partial charge is 0.255 e. The molecule has 0 fully saturated rings. The van der Waals surface area contributed by atoms with Gasteiger partial charge in [-0.25, -0.2) is 4.39 Å². The molecule has 4 nitrogen and oxygen atoms in total. The van der Waals surface area contributed by atoms with Gasteiger partial charge in [-0.05, 0) is 36.1 Å². The van der Waals surface area contributed by atoms with Gasteiger partial charge in [-0.3, -0.25) is 9.89 Å². The van der Waals surface area contributed by atoms with Crippen LogP contribution in [-0.2, 0) is 6.42 Å². The van der Waals surface area contributed by atoms with Gasteiger partial charge in [-0.15, -0.1) is 11.3 Å². The summed E-state index contributed by atoms with van der Waals surface area (Å²) in [6.07, 6.45) is 1.70. The number of aromatic nitrogens is 2. The van der Waals surface area contributed by atoms with Crippen LogP contribution in [0.15, 0.2) is 41.8 Å². The highest BCUT2D eigenvalue weighted by atomic mass is 32.1. The van der Waals surface area contributed by atoms with Crippen LogP contribution in [0, 0.1) is 5.82 Å². The zero-order valence-electron chi connectivity index (χ0n) is 12.6. The molecule has 2 N–H and O–H groups in total. The first kappa shape index (κ1) is 15.4. The summed E-state index contributed by atoms with van der Waals surface area (Å²) in [5.74, 6) is -0.779. The largest absolute Gasteiger partial charge is 0.319 e. The summed E-state index contributed by atoms with van der Waals surface area (Å²) in [7, 11) is 0. The Kier molecular flexibility index (Phi) is 4.52. The molecule has 118 valence electrons. The van der Waals surface area contributed by atoms with Crippen molar-refractivity contribution in [3.63, 3.8) is 0 Å². The van der Waals surface area contributed by atoms with Crippen LogP contribution in [0.5, 0.6) is 0 Å². The molecule has 0 saturated heterocycles. The second kappa shape index (κ2) is 6.75. The van der Waals surface area contributed by atoms with E-state index in [0.717, 1.165) is 23.4 Å². The number of carbonyl (C=O) groups excluding carboxylic acids is 1. The van der Waals surface area contributed by atoms with Gasteiger partial charge in [0.1, 0.15) is 11.5 Å². The summed E-state index contributed by atoms with van der Waals surface area (Å²) in [6.45, 7) is 2.06. The minimum atomic E-state index is -0.433. The van der Waals surface area contributed by atoms with E-state index in [9.17, 15) is 9.18 Å². The van der Waals surface area contributed by atoms with Gasteiger partial charge in [0, 0.05) is 5.56 Å². The molecule has 0 saturated carbocycles. The number of thiophene rings is 1. The van der Waals surface area contributed by atoms with Crippen molar-refractivity contribution in [3.05, 3.63) is 58.9 Å². The number of carbonyl (C=O) groups is 1. The third-order valence-electron chi connectivity index (χ3n) is 3.42. The predicted molar refractivity (Wildman–Crippen MR) is 90.2 cm³/mol. The fourth-order valence-electron chi connectivity index (χ4n) is 2.35. The van der Waals surface area contributed by atoms with Gasteiger partial charge in [0.05, 0.1) is 16.3 Å². The summed E-state index contributed by atoms with van der Waals surface area (Å²) in [4.78, 5) is 13.4. The van der Waals surface area contributed by atoms with Crippen molar-refractivity contribution in [2.45, 2.75) is 19.8 Å². The quantitative estimate of drug-likeness (QED) is 0.725. The normalized spacial score (nSPS) is 10.7. The van der Waals surface area contributed by atoms with Crippen LogP contribution in [0.4, 0.5) is 10.1 Å². The van der Waals surface area contributed by atoms with Gasteiger partial charge < -0.3 is 5.32 Å². The number of aryl methyl sites for hydroxylation is 1. The molecule has 1 aromatic carbocycles. The van der Waals surface area contributed by atoms with Crippen LogP contribution < -0.4 is 5.32 Å². The van der Waals surface area contributed by atoms with Crippen LogP contribution >= 0.6 is 11.3 Å². The SMILES string of the molecule is CCCc1[nH]nc(-c2cccs2)c1NC(=O)c1cccc(F)c1. The molecule has 3 rings (SSSR count). The molecular weight excluding hydrogens is 313 g/mol. The summed E-state index contributed by atoms with van der Waals surface area (Å²) in [5.41, 5.74) is 2.54. The molecule has 2 heterocycles. The molecule has 23 heavy (non-hydrogen) atoms. The molecule has 0 unspecified atom stereocenters. The molecule has 3 aromatic rings. The van der Waals surface area contributed by atoms with Crippen LogP contribution in [0.1, 0.15) is 29.4 Å². The van der Waals surface area contributed by atoms with Crippen LogP contribution in [0.3, 0.4) is 0 Å². The zero-order chi connectivity index (χ0) is 16.2. The fourth-order valence-corrected chi connectivity index (χ4v) is 3.07. The highest BCUT2D eigenvalue weighted by molar-refractivity contribution is 7.13. The van der Waals surface area contributed by atoms with E-state index in [1.54, 1.807) is 17.4 Å². The van der Waals surface area contributed by atoms with Crippen molar-refractivity contribution in [1.29, 1.82) is 0 Å². The van der Waals surface area contributed by atoms with Crippen molar-refractivity contribution in [2.75, 3.05) is 5.32 Å². The molecule has 0 atom stereocenters. The number of aromatic amines is 1. The van der Waals surface area contributed by atoms with Gasteiger partial charge in [0.2, 0.25) is 0 Å². The molecule has 0 radical (unpaired) electrons. The number of benzene rings is 1. The average Bonchev–Trinajstić information content (AvgIpc) is 3.18. The van der Waals surface area contributed by atoms with Gasteiger partial charge in [-0.1, -0.05) is 25.5 Å². The highest BCUT2D eigenvalue weighted by Crippen LogP contribution is 2.32. The second-order valence-corrected chi connectivity index (χ2v) is 6.07. The Morgan fingerprint density at radius 3 is 2.91 bits per heavy atom. The number of halogens is 1. The lowest BCUT2D eigenvalue weighted by Gasteiger charge is -2.08. The number of rotatable bonds is 5. The van der Waals surface area contributed by atoms with Crippen molar-refractivity contribution < 1.29 is 9.18 Å². The zero-order valence-corrected chi connectivity index (χ0v) is 13.4. The van der Waals surface area contributed by atoms with Crippen LogP contribution in [0.2, 0.25) is 0 Å². The van der Waals surface area contributed by atoms with E-state index >= 15 is 0 Å². The Labute approximate surface area is 137 Å². The molecule has 0 aliphatic heterocycles. The maximum Gasteiger partial charge on any atom is 0.255 e. The topological polar surface area (TPSA) is 57.8 Å². The highest BCUT2D eigenvalue weighted by Gasteiger charge is 2.18. The van der Waals surface area contributed by atoms with E-state index in [4.69, 9.17) is 0 Å². The van der Waals surface area contributed by atoms with Gasteiger partial charge in [0.15, 0.2) is 0 Å². The maximum atomic E-state index is 13.3. The number of amides is 1. The van der Waals surface area contributed by atoms with E-state index < -0.39 is 5.82 Å². The average molecular weight is 329 g/mol. The Morgan fingerprint density at radius 2 is 2.22 bits per heavy atom. The lowest BCUT2D eigenvalue weighted by molar-refractivity contribution is 0.102. The number of H-pyrrole nitrogens is 1. The number of nitrogens with one attached hydrogen (secondary N) is 2. The van der Waals surface area contributed by atoms with Crippen molar-refractivity contribution in [3.8, 4) is 10.6 Å². The number of nitrogens with zero attached hydrogens (tertiary/aromatic N) is 1. The molecule has 0 spiro atoms. The standard InChI is InChI=1S/C17H16FN3OS/c1-2-5-13-15(16(21-20-13)14-8-4-9-23-14)19-17(22)11-6-3-7-12(18)10-11/h3-4,6-10H,2,5H2,1H3,(H,19,22)(H,20,21). The minimum absolute atomic E-state index is 0.283. The third-order valence-corrected chi connectivity index (χ3v) is 4.30. The Balaban J connectivity index is 1.94. The lowest BCUT2D eigenvalue weighted by atomic mass is 10.1.